The molecular formula is C22H24N2O4. The Kier molecular flexibility index (Phi) is 5.30. The van der Waals surface area contributed by atoms with Crippen molar-refractivity contribution in [2.45, 2.75) is 18.3 Å². The van der Waals surface area contributed by atoms with Crippen LogP contribution in [0.5, 0.6) is 0 Å². The van der Waals surface area contributed by atoms with Crippen molar-refractivity contribution in [3.8, 4) is 0 Å². The van der Waals surface area contributed by atoms with Crippen LogP contribution in [-0.2, 0) is 24.5 Å². The second-order valence-electron chi connectivity index (χ2n) is 7.22. The van der Waals surface area contributed by atoms with Crippen LogP contribution in [0.2, 0.25) is 0 Å². The third-order valence-electron chi connectivity index (χ3n) is 5.33. The molecule has 2 aromatic rings. The standard InChI is InChI=1S/C22H24N2O4/c25-20(16-28-21(26)22(10-11-22)17-4-2-1-3-5-17)23-18-6-8-19(9-7-18)24-12-14-27-15-13-24/h1-9H,10-16H2,(H,23,25). The Labute approximate surface area is 164 Å². The van der Waals surface area contributed by atoms with E-state index in [1.165, 1.54) is 0 Å². The van der Waals surface area contributed by atoms with Crippen LogP contribution < -0.4 is 10.2 Å². The molecule has 0 spiro atoms. The van der Waals surface area contributed by atoms with Crippen molar-refractivity contribution in [1.29, 1.82) is 0 Å². The summed E-state index contributed by atoms with van der Waals surface area (Å²) >= 11 is 0. The Bertz CT molecular complexity index is 825. The van der Waals surface area contributed by atoms with Crippen molar-refractivity contribution in [2.75, 3.05) is 43.1 Å². The predicted molar refractivity (Wildman–Crippen MR) is 106 cm³/mol. The number of amides is 1. The fourth-order valence-corrected chi connectivity index (χ4v) is 3.54. The van der Waals surface area contributed by atoms with Crippen molar-refractivity contribution >= 4 is 23.3 Å². The Morgan fingerprint density at radius 1 is 1.00 bits per heavy atom. The molecule has 0 bridgehead atoms. The van der Waals surface area contributed by atoms with E-state index in [1.807, 2.05) is 54.6 Å². The second-order valence-corrected chi connectivity index (χ2v) is 7.22. The van der Waals surface area contributed by atoms with Gasteiger partial charge in [-0.2, -0.15) is 0 Å². The average molecular weight is 380 g/mol. The fraction of sp³-hybridized carbons (Fsp3) is 0.364. The molecule has 1 saturated heterocycles. The number of morpholine rings is 1. The largest absolute Gasteiger partial charge is 0.455 e. The molecule has 1 aliphatic carbocycles. The molecule has 1 heterocycles. The molecule has 1 saturated carbocycles. The minimum atomic E-state index is -0.568. The van der Waals surface area contributed by atoms with E-state index in [4.69, 9.17) is 9.47 Å². The average Bonchev–Trinajstić information content (AvgIpc) is 3.56. The van der Waals surface area contributed by atoms with Gasteiger partial charge in [0.1, 0.15) is 0 Å². The fourth-order valence-electron chi connectivity index (χ4n) is 3.54. The maximum absolute atomic E-state index is 12.5. The van der Waals surface area contributed by atoms with Crippen molar-refractivity contribution in [2.24, 2.45) is 0 Å². The number of ether oxygens (including phenoxy) is 2. The minimum Gasteiger partial charge on any atom is -0.455 e. The third kappa shape index (κ3) is 4.02. The third-order valence-corrected chi connectivity index (χ3v) is 5.33. The maximum Gasteiger partial charge on any atom is 0.317 e. The lowest BCUT2D eigenvalue weighted by Gasteiger charge is -2.28. The zero-order valence-corrected chi connectivity index (χ0v) is 15.7. The van der Waals surface area contributed by atoms with Gasteiger partial charge in [-0.05, 0) is 42.7 Å². The topological polar surface area (TPSA) is 67.9 Å². The summed E-state index contributed by atoms with van der Waals surface area (Å²) < 4.78 is 10.7. The van der Waals surface area contributed by atoms with E-state index in [9.17, 15) is 9.59 Å². The first-order chi connectivity index (χ1) is 13.7. The smallest absolute Gasteiger partial charge is 0.317 e. The molecule has 28 heavy (non-hydrogen) atoms. The van der Waals surface area contributed by atoms with Gasteiger partial charge in [0, 0.05) is 24.5 Å². The van der Waals surface area contributed by atoms with E-state index in [2.05, 4.69) is 10.2 Å². The van der Waals surface area contributed by atoms with E-state index < -0.39 is 5.41 Å². The predicted octanol–water partition coefficient (Wildman–Crippen LogP) is 2.74. The van der Waals surface area contributed by atoms with E-state index in [0.29, 0.717) is 5.69 Å². The van der Waals surface area contributed by atoms with E-state index in [0.717, 1.165) is 50.4 Å². The lowest BCUT2D eigenvalue weighted by atomic mass is 9.96. The van der Waals surface area contributed by atoms with Gasteiger partial charge in [0.2, 0.25) is 0 Å². The molecule has 4 rings (SSSR count). The van der Waals surface area contributed by atoms with Crippen LogP contribution in [0.15, 0.2) is 54.6 Å². The van der Waals surface area contributed by atoms with Crippen molar-refractivity contribution in [3.05, 3.63) is 60.2 Å². The molecule has 1 aliphatic heterocycles. The van der Waals surface area contributed by atoms with Gasteiger partial charge < -0.3 is 19.7 Å². The summed E-state index contributed by atoms with van der Waals surface area (Å²) in [7, 11) is 0. The van der Waals surface area contributed by atoms with Gasteiger partial charge in [-0.15, -0.1) is 0 Å². The van der Waals surface area contributed by atoms with Crippen molar-refractivity contribution in [1.82, 2.24) is 0 Å². The molecule has 2 fully saturated rings. The van der Waals surface area contributed by atoms with Crippen LogP contribution in [0.25, 0.3) is 0 Å². The normalized spacial score (nSPS) is 17.6. The molecule has 0 radical (unpaired) electrons. The summed E-state index contributed by atoms with van der Waals surface area (Å²) in [5, 5.41) is 2.78. The molecule has 2 aliphatic rings. The number of nitrogens with zero attached hydrogens (tertiary/aromatic N) is 1. The molecule has 6 heteroatoms. The number of hydrogen-bond donors (Lipinski definition) is 1. The monoisotopic (exact) mass is 380 g/mol. The Balaban J connectivity index is 1.28. The Morgan fingerprint density at radius 3 is 2.32 bits per heavy atom. The van der Waals surface area contributed by atoms with E-state index in [1.54, 1.807) is 0 Å². The first kappa shape index (κ1) is 18.5. The van der Waals surface area contributed by atoms with E-state index >= 15 is 0 Å². The highest BCUT2D eigenvalue weighted by atomic mass is 16.5. The number of rotatable bonds is 6. The number of carbonyl (C=O) groups excluding carboxylic acids is 2. The molecular weight excluding hydrogens is 356 g/mol. The molecule has 0 aromatic heterocycles. The van der Waals surface area contributed by atoms with Gasteiger partial charge in [-0.3, -0.25) is 9.59 Å². The summed E-state index contributed by atoms with van der Waals surface area (Å²) in [4.78, 5) is 26.9. The summed E-state index contributed by atoms with van der Waals surface area (Å²) in [5.41, 5.74) is 2.18. The Hall–Kier alpha value is -2.86. The number of esters is 1. The molecule has 0 unspecified atom stereocenters. The number of anilines is 2. The second kappa shape index (κ2) is 8.02. The molecule has 0 atom stereocenters. The lowest BCUT2D eigenvalue weighted by Crippen LogP contribution is -2.36. The van der Waals surface area contributed by atoms with Gasteiger partial charge in [-0.1, -0.05) is 30.3 Å². The van der Waals surface area contributed by atoms with Crippen LogP contribution in [0, 0.1) is 0 Å². The highest BCUT2D eigenvalue weighted by molar-refractivity contribution is 5.94. The quantitative estimate of drug-likeness (QED) is 0.781. The van der Waals surface area contributed by atoms with Crippen LogP contribution in [0.3, 0.4) is 0 Å². The van der Waals surface area contributed by atoms with Crippen LogP contribution in [-0.4, -0.2) is 44.8 Å². The highest BCUT2D eigenvalue weighted by Crippen LogP contribution is 2.49. The zero-order valence-electron chi connectivity index (χ0n) is 15.7. The minimum absolute atomic E-state index is 0.279. The SMILES string of the molecule is O=C(COC(=O)C1(c2ccccc2)CC1)Nc1ccc(N2CCOCC2)cc1. The van der Waals surface area contributed by atoms with Gasteiger partial charge >= 0.3 is 5.97 Å². The lowest BCUT2D eigenvalue weighted by molar-refractivity contribution is -0.150. The zero-order chi connectivity index (χ0) is 19.4. The summed E-state index contributed by atoms with van der Waals surface area (Å²) in [6.45, 7) is 2.91. The number of benzene rings is 2. The van der Waals surface area contributed by atoms with Crippen molar-refractivity contribution in [3.63, 3.8) is 0 Å². The van der Waals surface area contributed by atoms with Gasteiger partial charge in [0.05, 0.1) is 18.6 Å². The summed E-state index contributed by atoms with van der Waals surface area (Å²) in [5.74, 6) is -0.659. The molecule has 6 nitrogen and oxygen atoms in total. The molecule has 146 valence electrons. The first-order valence-electron chi connectivity index (χ1n) is 9.63. The molecule has 1 amide bonds. The first-order valence-corrected chi connectivity index (χ1v) is 9.63. The summed E-state index contributed by atoms with van der Waals surface area (Å²) in [6.07, 6.45) is 1.53. The van der Waals surface area contributed by atoms with Gasteiger partial charge in [0.15, 0.2) is 6.61 Å². The molecule has 1 N–H and O–H groups in total. The highest BCUT2D eigenvalue weighted by Gasteiger charge is 2.52. The number of hydrogen-bond acceptors (Lipinski definition) is 5. The van der Waals surface area contributed by atoms with Crippen LogP contribution in [0.1, 0.15) is 18.4 Å². The van der Waals surface area contributed by atoms with Gasteiger partial charge in [0.25, 0.3) is 5.91 Å². The van der Waals surface area contributed by atoms with E-state index in [-0.39, 0.29) is 18.5 Å². The molecule has 2 aromatic carbocycles. The van der Waals surface area contributed by atoms with Crippen LogP contribution >= 0.6 is 0 Å². The van der Waals surface area contributed by atoms with Gasteiger partial charge in [-0.25, -0.2) is 0 Å². The summed E-state index contributed by atoms with van der Waals surface area (Å²) in [6, 6.07) is 17.3. The maximum atomic E-state index is 12.5. The van der Waals surface area contributed by atoms with Crippen LogP contribution in [0.4, 0.5) is 11.4 Å². The number of nitrogens with one attached hydrogen (secondary N) is 1. The van der Waals surface area contributed by atoms with Crippen molar-refractivity contribution < 1.29 is 19.1 Å². The number of carbonyl (C=O) groups is 2. The Morgan fingerprint density at radius 2 is 1.68 bits per heavy atom.